The van der Waals surface area contributed by atoms with Gasteiger partial charge in [-0.25, -0.2) is 19.7 Å². The number of rotatable bonds is 13. The molecule has 1 unspecified atom stereocenters. The number of imidazole rings is 1. The Bertz CT molecular complexity index is 1280. The normalized spacial score (nSPS) is 24.1. The summed E-state index contributed by atoms with van der Waals surface area (Å²) >= 11 is 0. The highest BCUT2D eigenvalue weighted by atomic mass is 16.6. The van der Waals surface area contributed by atoms with Crippen LogP contribution in [0, 0.1) is 0 Å². The van der Waals surface area contributed by atoms with Gasteiger partial charge in [-0.1, -0.05) is 0 Å². The number of carboxylic acids is 2. The van der Waals surface area contributed by atoms with Crippen molar-refractivity contribution >= 4 is 41.2 Å². The lowest BCUT2D eigenvalue weighted by Gasteiger charge is -2.22. The van der Waals surface area contributed by atoms with Gasteiger partial charge in [0.1, 0.15) is 61.2 Å². The van der Waals surface area contributed by atoms with Gasteiger partial charge < -0.3 is 71.1 Å². The van der Waals surface area contributed by atoms with Crippen LogP contribution in [0.2, 0.25) is 0 Å². The maximum atomic E-state index is 11.9. The quantitative estimate of drug-likeness (QED) is 0.0731. The van der Waals surface area contributed by atoms with E-state index >= 15 is 0 Å². The average molecular weight is 622 g/mol. The number of aliphatic carboxylic acids is 2. The Kier molecular flexibility index (Phi) is 12.3. The predicted octanol–water partition coefficient (Wildman–Crippen LogP) is -6.13. The third-order valence-electron chi connectivity index (χ3n) is 6.11. The molecule has 2 aromatic heterocycles. The second kappa shape index (κ2) is 15.0. The smallest absolute Gasteiger partial charge is 0.336 e. The maximum absolute atomic E-state index is 11.9. The molecule has 1 fully saturated rings. The first-order valence-corrected chi connectivity index (χ1v) is 12.1. The van der Waals surface area contributed by atoms with Crippen molar-refractivity contribution in [2.24, 2.45) is 0 Å². The number of aromatic nitrogens is 4. The van der Waals surface area contributed by atoms with Gasteiger partial charge in [0.15, 0.2) is 29.6 Å². The molecule has 1 aliphatic rings. The molecular weight excluding hydrogens is 590 g/mol. The van der Waals surface area contributed by atoms with Crippen molar-refractivity contribution in [1.29, 1.82) is 0 Å². The van der Waals surface area contributed by atoms with Crippen molar-refractivity contribution in [1.82, 2.24) is 19.5 Å². The van der Waals surface area contributed by atoms with Crippen LogP contribution in [0.4, 0.5) is 5.82 Å². The second-order valence-electron chi connectivity index (χ2n) is 9.25. The van der Waals surface area contributed by atoms with Crippen LogP contribution in [0.15, 0.2) is 12.7 Å². The maximum Gasteiger partial charge on any atom is 0.336 e. The molecule has 12 N–H and O–H groups in total. The number of carbonyl (C=O) groups is 4. The van der Waals surface area contributed by atoms with E-state index in [9.17, 15) is 34.5 Å². The van der Waals surface area contributed by atoms with Gasteiger partial charge in [-0.15, -0.1) is 0 Å². The molecule has 0 amide bonds. The van der Waals surface area contributed by atoms with E-state index < -0.39 is 98.5 Å². The van der Waals surface area contributed by atoms with Crippen molar-refractivity contribution in [2.45, 2.75) is 67.4 Å². The molecule has 1 aliphatic heterocycles. The summed E-state index contributed by atoms with van der Waals surface area (Å²) < 4.78 is 11.7. The van der Waals surface area contributed by atoms with E-state index in [4.69, 9.17) is 51.0 Å². The summed E-state index contributed by atoms with van der Waals surface area (Å²) in [5, 5.41) is 91.7. The summed E-state index contributed by atoms with van der Waals surface area (Å²) in [4.78, 5) is 55.5. The number of nitrogens with zero attached hydrogens (tertiary/aromatic N) is 4. The monoisotopic (exact) mass is 621 g/mol. The number of fused-ring (bicyclic) bond motifs is 1. The molecule has 9 atom stereocenters. The Labute approximate surface area is 240 Å². The van der Waals surface area contributed by atoms with E-state index in [2.05, 4.69) is 15.0 Å². The van der Waals surface area contributed by atoms with Crippen LogP contribution in [0.1, 0.15) is 19.1 Å². The summed E-state index contributed by atoms with van der Waals surface area (Å²) in [6.07, 6.45) is -12.1. The SMILES string of the molecule is Nc1ncnc2c1ncn2[C@@H]1O[C@H](COC(=O)CC(O)(CC(=O)O)C(=O)O)[C@@H](O)[C@H]1O.O=C[C@H](O)[C@@H](O)[C@H](O)[C@H](O)CO. The highest BCUT2D eigenvalue weighted by molar-refractivity contribution is 5.88. The standard InChI is InChI=1S/C16H19N5O10.C6H12O6/c17-12-9-13(19-4-18-12)21(5-20-9)14-11(26)10(25)6(31-14)3-30-8(24)2-16(29,15(27)28)1-7(22)23;7-1-3(9)5(11)6(12)4(10)2-8/h4-6,10-11,14,25-26,29H,1-3H2,(H,22,23)(H,27,28)(H2,17,18,19);1,3-6,8-12H,2H2/t6-,10-,11-,14-,16?;3-,4+,5+,6+/m10/s1. The fourth-order valence-electron chi connectivity index (χ4n) is 3.70. The summed E-state index contributed by atoms with van der Waals surface area (Å²) in [7, 11) is 0. The van der Waals surface area contributed by atoms with Crippen LogP contribution in [0.5, 0.6) is 0 Å². The Hall–Kier alpha value is -3.93. The number of hydrogen-bond acceptors (Lipinski definition) is 18. The molecular formula is C22H31N5O16. The zero-order valence-corrected chi connectivity index (χ0v) is 22.0. The number of esters is 1. The molecule has 3 rings (SSSR count). The van der Waals surface area contributed by atoms with Crippen LogP contribution in [0.3, 0.4) is 0 Å². The second-order valence-corrected chi connectivity index (χ2v) is 9.25. The first-order chi connectivity index (χ1) is 20.1. The van der Waals surface area contributed by atoms with E-state index in [1.54, 1.807) is 0 Å². The molecule has 3 heterocycles. The molecule has 1 saturated heterocycles. The summed E-state index contributed by atoms with van der Waals surface area (Å²) in [6.45, 7) is -1.37. The number of carbonyl (C=O) groups excluding carboxylic acids is 2. The van der Waals surface area contributed by atoms with E-state index in [1.165, 1.54) is 17.2 Å². The molecule has 21 nitrogen and oxygen atoms in total. The number of ether oxygens (including phenoxy) is 2. The lowest BCUT2D eigenvalue weighted by molar-refractivity contribution is -0.173. The van der Waals surface area contributed by atoms with Crippen LogP contribution in [-0.4, -0.2) is 156 Å². The Morgan fingerprint density at radius 2 is 1.72 bits per heavy atom. The fourth-order valence-corrected chi connectivity index (χ4v) is 3.70. The minimum atomic E-state index is -2.87. The number of aliphatic hydroxyl groups excluding tert-OH is 7. The zero-order chi connectivity index (χ0) is 32.6. The van der Waals surface area contributed by atoms with Gasteiger partial charge in [0, 0.05) is 0 Å². The number of carboxylic acid groups (broad SMARTS) is 2. The van der Waals surface area contributed by atoms with Gasteiger partial charge in [0.2, 0.25) is 0 Å². The molecule has 43 heavy (non-hydrogen) atoms. The highest BCUT2D eigenvalue weighted by Crippen LogP contribution is 2.32. The van der Waals surface area contributed by atoms with Crippen LogP contribution >= 0.6 is 0 Å². The minimum Gasteiger partial charge on any atom is -0.481 e. The summed E-state index contributed by atoms with van der Waals surface area (Å²) in [5.41, 5.74) is 3.31. The largest absolute Gasteiger partial charge is 0.481 e. The van der Waals surface area contributed by atoms with Crippen molar-refractivity contribution in [3.8, 4) is 0 Å². The van der Waals surface area contributed by atoms with Crippen LogP contribution < -0.4 is 5.73 Å². The van der Waals surface area contributed by atoms with Crippen molar-refractivity contribution in [3.05, 3.63) is 12.7 Å². The topological polar surface area (TPSA) is 359 Å². The Balaban J connectivity index is 0.000000455. The third-order valence-corrected chi connectivity index (χ3v) is 6.11. The van der Waals surface area contributed by atoms with Gasteiger partial charge in [0.05, 0.1) is 25.8 Å². The van der Waals surface area contributed by atoms with Crippen molar-refractivity contribution in [2.75, 3.05) is 18.9 Å². The molecule has 0 spiro atoms. The molecule has 0 bridgehead atoms. The van der Waals surface area contributed by atoms with E-state index in [-0.39, 0.29) is 23.3 Å². The Morgan fingerprint density at radius 3 is 2.28 bits per heavy atom. The predicted molar refractivity (Wildman–Crippen MR) is 133 cm³/mol. The van der Waals surface area contributed by atoms with Crippen molar-refractivity contribution < 1.29 is 79.7 Å². The summed E-state index contributed by atoms with van der Waals surface area (Å²) in [6, 6.07) is 0. The number of anilines is 1. The first kappa shape index (κ1) is 35.3. The molecule has 0 aromatic carbocycles. The Morgan fingerprint density at radius 1 is 1.07 bits per heavy atom. The van der Waals surface area contributed by atoms with Crippen LogP contribution in [-0.2, 0) is 28.7 Å². The lowest BCUT2D eigenvalue weighted by Crippen LogP contribution is -2.46. The summed E-state index contributed by atoms with van der Waals surface area (Å²) in [5.74, 6) is -4.69. The van der Waals surface area contributed by atoms with Gasteiger partial charge in [-0.05, 0) is 0 Å². The molecule has 0 saturated carbocycles. The average Bonchev–Trinajstić information content (AvgIpc) is 3.51. The number of nitrogens with two attached hydrogens (primary N) is 1. The van der Waals surface area contributed by atoms with Gasteiger partial charge >= 0.3 is 17.9 Å². The van der Waals surface area contributed by atoms with Gasteiger partial charge in [-0.2, -0.15) is 0 Å². The zero-order valence-electron chi connectivity index (χ0n) is 22.0. The van der Waals surface area contributed by atoms with E-state index in [0.717, 1.165) is 0 Å². The number of aliphatic hydroxyl groups is 8. The van der Waals surface area contributed by atoms with E-state index in [0.29, 0.717) is 0 Å². The van der Waals surface area contributed by atoms with Gasteiger partial charge in [0.25, 0.3) is 0 Å². The van der Waals surface area contributed by atoms with Gasteiger partial charge in [-0.3, -0.25) is 14.2 Å². The highest BCUT2D eigenvalue weighted by Gasteiger charge is 2.46. The molecule has 240 valence electrons. The van der Waals surface area contributed by atoms with Crippen molar-refractivity contribution in [3.63, 3.8) is 0 Å². The number of aldehydes is 1. The number of nitrogen functional groups attached to an aromatic ring is 1. The number of hydrogen-bond donors (Lipinski definition) is 11. The molecule has 21 heteroatoms. The third kappa shape index (κ3) is 8.56. The molecule has 0 aliphatic carbocycles. The molecule has 2 aromatic rings. The lowest BCUT2D eigenvalue weighted by atomic mass is 9.96. The minimum absolute atomic E-state index is 0.0258. The van der Waals surface area contributed by atoms with E-state index in [1.807, 2.05) is 0 Å². The van der Waals surface area contributed by atoms with Crippen LogP contribution in [0.25, 0.3) is 11.2 Å². The molecule has 0 radical (unpaired) electrons. The fraction of sp³-hybridized carbons (Fsp3) is 0.591. The first-order valence-electron chi connectivity index (χ1n) is 12.1.